The number of rotatable bonds is 0. The molecule has 0 saturated heterocycles. The summed E-state index contributed by atoms with van der Waals surface area (Å²) in [6.45, 7) is 0. The average molecular weight is 164 g/mol. The summed E-state index contributed by atoms with van der Waals surface area (Å²) in [5.41, 5.74) is 0.222. The molecule has 0 atom stereocenters. The molecule has 0 spiro atoms. The molecule has 0 aliphatic heterocycles. The van der Waals surface area contributed by atoms with Crippen molar-refractivity contribution in [1.82, 2.24) is 0 Å². The third kappa shape index (κ3) is 8.82. The van der Waals surface area contributed by atoms with Gasteiger partial charge in [0.25, 0.3) is 6.08 Å². The van der Waals surface area contributed by atoms with Crippen molar-refractivity contribution in [2.45, 2.75) is 0 Å². The van der Waals surface area contributed by atoms with E-state index in [1.807, 2.05) is 0 Å². The molecule has 0 heterocycles. The van der Waals surface area contributed by atoms with Crippen LogP contribution in [0.15, 0.2) is 11.6 Å². The molecule has 32 valence electrons. The topological polar surface area (TPSA) is 0 Å². The molecule has 0 N–H and O–H groups in total. The van der Waals surface area contributed by atoms with E-state index < -0.39 is 6.08 Å². The minimum atomic E-state index is -1.85. The molecule has 0 radical (unpaired) electrons. The Morgan fingerprint density at radius 2 is 1.67 bits per heavy atom. The molecule has 0 aromatic heterocycles. The monoisotopic (exact) mass is 162 g/mol. The standard InChI is InChI=1S/C2HClF2.Zn/c3-1-2(4)5;/h1H;. The van der Waals surface area contributed by atoms with Crippen LogP contribution in [0.4, 0.5) is 8.78 Å². The second-order valence-corrected chi connectivity index (χ2v) is 0.617. The zero-order valence-electron chi connectivity index (χ0n) is 2.92. The first-order chi connectivity index (χ1) is 2.27. The summed E-state index contributed by atoms with van der Waals surface area (Å²) < 4.78 is 21.0. The van der Waals surface area contributed by atoms with E-state index in [4.69, 9.17) is 0 Å². The molecule has 0 rings (SSSR count). The van der Waals surface area contributed by atoms with Crippen LogP contribution in [-0.4, -0.2) is 0 Å². The van der Waals surface area contributed by atoms with Crippen LogP contribution in [0.25, 0.3) is 0 Å². The van der Waals surface area contributed by atoms with Crippen molar-refractivity contribution >= 4 is 11.6 Å². The quantitative estimate of drug-likeness (QED) is 0.480. The zero-order valence-corrected chi connectivity index (χ0v) is 6.64. The van der Waals surface area contributed by atoms with Gasteiger partial charge in [-0.15, -0.1) is 0 Å². The van der Waals surface area contributed by atoms with Gasteiger partial charge in [-0.3, -0.25) is 0 Å². The largest absolute Gasteiger partial charge is 0.281 e. The second kappa shape index (κ2) is 5.51. The molecule has 4 heteroatoms. The summed E-state index contributed by atoms with van der Waals surface area (Å²) in [4.78, 5) is 0. The van der Waals surface area contributed by atoms with Crippen molar-refractivity contribution in [3.8, 4) is 0 Å². The first-order valence-electron chi connectivity index (χ1n) is 0.885. The van der Waals surface area contributed by atoms with Gasteiger partial charge in [0.15, 0.2) is 0 Å². The van der Waals surface area contributed by atoms with Gasteiger partial charge < -0.3 is 0 Å². The van der Waals surface area contributed by atoms with Crippen molar-refractivity contribution in [2.75, 3.05) is 0 Å². The van der Waals surface area contributed by atoms with Crippen LogP contribution >= 0.6 is 11.6 Å². The van der Waals surface area contributed by atoms with E-state index in [1.54, 1.807) is 0 Å². The van der Waals surface area contributed by atoms with E-state index in [2.05, 4.69) is 11.6 Å². The zero-order chi connectivity index (χ0) is 4.28. The van der Waals surface area contributed by atoms with Crippen LogP contribution in [0.1, 0.15) is 0 Å². The first-order valence-corrected chi connectivity index (χ1v) is 1.32. The van der Waals surface area contributed by atoms with Gasteiger partial charge >= 0.3 is 0 Å². The Hall–Kier alpha value is 0.513. The van der Waals surface area contributed by atoms with Crippen molar-refractivity contribution in [3.63, 3.8) is 0 Å². The number of hydrogen-bond donors (Lipinski definition) is 0. The van der Waals surface area contributed by atoms with Gasteiger partial charge in [0.2, 0.25) is 0 Å². The normalized spacial score (nSPS) is 5.83. The molecule has 0 saturated carbocycles. The molecule has 0 aliphatic rings. The van der Waals surface area contributed by atoms with E-state index in [0.29, 0.717) is 0 Å². The molecular formula is C2HClF2Zn. The summed E-state index contributed by atoms with van der Waals surface area (Å²) in [7, 11) is 0. The van der Waals surface area contributed by atoms with Gasteiger partial charge in [-0.05, 0) is 0 Å². The van der Waals surface area contributed by atoms with Crippen LogP contribution in [0, 0.1) is 0 Å². The van der Waals surface area contributed by atoms with E-state index >= 15 is 0 Å². The SMILES string of the molecule is FC(F)=CCl.[Zn]. The number of halogens is 3. The molecule has 0 bridgehead atoms. The maximum atomic E-state index is 10.5. The van der Waals surface area contributed by atoms with Crippen LogP contribution in [0.2, 0.25) is 0 Å². The van der Waals surface area contributed by atoms with Crippen molar-refractivity contribution in [2.24, 2.45) is 0 Å². The molecule has 0 fully saturated rings. The summed E-state index contributed by atoms with van der Waals surface area (Å²) in [5, 5.41) is 0. The van der Waals surface area contributed by atoms with Crippen LogP contribution in [-0.2, 0) is 19.5 Å². The fourth-order valence-corrected chi connectivity index (χ4v) is 0. The van der Waals surface area contributed by atoms with E-state index in [9.17, 15) is 8.78 Å². The molecule has 0 unspecified atom stereocenters. The van der Waals surface area contributed by atoms with Crippen molar-refractivity contribution in [1.29, 1.82) is 0 Å². The van der Waals surface area contributed by atoms with Crippen molar-refractivity contribution < 1.29 is 28.3 Å². The van der Waals surface area contributed by atoms with E-state index in [0.717, 1.165) is 0 Å². The minimum absolute atomic E-state index is 0. The van der Waals surface area contributed by atoms with Gasteiger partial charge in [-0.1, -0.05) is 11.6 Å². The summed E-state index contributed by atoms with van der Waals surface area (Å²) in [6, 6.07) is 0. The molecule has 0 aromatic carbocycles. The maximum Gasteiger partial charge on any atom is 0.281 e. The molecular weight excluding hydrogens is 163 g/mol. The summed E-state index contributed by atoms with van der Waals surface area (Å²) >= 11 is 4.42. The molecule has 0 aromatic rings. The smallest absolute Gasteiger partial charge is 0.172 e. The fourth-order valence-electron chi connectivity index (χ4n) is 0. The van der Waals surface area contributed by atoms with Gasteiger partial charge in [0.05, 0.1) is 5.54 Å². The Morgan fingerprint density at radius 3 is 1.67 bits per heavy atom. The Labute approximate surface area is 51.9 Å². The van der Waals surface area contributed by atoms with Gasteiger partial charge in [-0.2, -0.15) is 8.78 Å². The van der Waals surface area contributed by atoms with E-state index in [1.165, 1.54) is 0 Å². The number of hydrogen-bond acceptors (Lipinski definition) is 0. The Kier molecular flexibility index (Phi) is 8.93. The summed E-state index contributed by atoms with van der Waals surface area (Å²) in [5.74, 6) is 0. The van der Waals surface area contributed by atoms with Crippen LogP contribution in [0.5, 0.6) is 0 Å². The van der Waals surface area contributed by atoms with Crippen molar-refractivity contribution in [3.05, 3.63) is 11.6 Å². The minimum Gasteiger partial charge on any atom is -0.172 e. The molecule has 0 nitrogen and oxygen atoms in total. The molecule has 6 heavy (non-hydrogen) atoms. The second-order valence-electron chi connectivity index (χ2n) is 0.399. The first kappa shape index (κ1) is 9.72. The Bertz CT molecular complexity index is 49.5. The Morgan fingerprint density at radius 1 is 1.50 bits per heavy atom. The molecule has 0 amide bonds. The third-order valence-electron chi connectivity index (χ3n) is 0.0825. The maximum absolute atomic E-state index is 10.5. The third-order valence-corrected chi connectivity index (χ3v) is 0.247. The van der Waals surface area contributed by atoms with Crippen LogP contribution < -0.4 is 0 Å². The fraction of sp³-hybridized carbons (Fsp3) is 0. The molecule has 0 aliphatic carbocycles. The predicted molar refractivity (Wildman–Crippen MR) is 16.2 cm³/mol. The van der Waals surface area contributed by atoms with Gasteiger partial charge in [-0.25, -0.2) is 0 Å². The van der Waals surface area contributed by atoms with Gasteiger partial charge in [0.1, 0.15) is 0 Å². The average Bonchev–Trinajstić information content (AvgIpc) is 1.38. The Balaban J connectivity index is 0. The van der Waals surface area contributed by atoms with E-state index in [-0.39, 0.29) is 25.0 Å². The predicted octanol–water partition coefficient (Wildman–Crippen LogP) is 1.96. The van der Waals surface area contributed by atoms with Gasteiger partial charge in [0, 0.05) is 19.5 Å². The van der Waals surface area contributed by atoms with Crippen LogP contribution in [0.3, 0.4) is 0 Å². The summed E-state index contributed by atoms with van der Waals surface area (Å²) in [6.07, 6.45) is -1.85.